The van der Waals surface area contributed by atoms with Gasteiger partial charge in [0.1, 0.15) is 5.82 Å². The maximum absolute atomic E-state index is 13.1. The maximum Gasteiger partial charge on any atom is 0.319 e. The molecule has 0 aliphatic rings. The Bertz CT molecular complexity index is 482. The number of ether oxygens (including phenoxy) is 1. The third-order valence-electron chi connectivity index (χ3n) is 2.26. The summed E-state index contributed by atoms with van der Waals surface area (Å²) < 4.78 is 17.6. The predicted octanol–water partition coefficient (Wildman–Crippen LogP) is 2.55. The third-order valence-corrected chi connectivity index (χ3v) is 2.56. The van der Waals surface area contributed by atoms with E-state index in [1.54, 1.807) is 6.92 Å². The molecule has 1 rings (SSSR count). The van der Waals surface area contributed by atoms with E-state index in [0.717, 1.165) is 6.07 Å². The number of carbonyl (C=O) groups excluding carboxylic acids is 2. The average molecular weight is 289 g/mol. The lowest BCUT2D eigenvalue weighted by Gasteiger charge is -2.13. The fourth-order valence-corrected chi connectivity index (χ4v) is 1.47. The van der Waals surface area contributed by atoms with Crippen molar-refractivity contribution >= 4 is 29.3 Å². The Morgan fingerprint density at radius 2 is 2.16 bits per heavy atom. The smallest absolute Gasteiger partial charge is 0.319 e. The summed E-state index contributed by atoms with van der Waals surface area (Å²) in [5.41, 5.74) is 0.268. The van der Waals surface area contributed by atoms with Gasteiger partial charge in [0, 0.05) is 11.7 Å². The van der Waals surface area contributed by atoms with Crippen LogP contribution in [0.5, 0.6) is 0 Å². The van der Waals surface area contributed by atoms with Gasteiger partial charge in [-0.1, -0.05) is 11.6 Å². The van der Waals surface area contributed by atoms with Crippen LogP contribution in [0.15, 0.2) is 18.2 Å². The zero-order chi connectivity index (χ0) is 14.4. The molecule has 1 unspecified atom stereocenters. The zero-order valence-corrected chi connectivity index (χ0v) is 11.3. The highest BCUT2D eigenvalue weighted by Crippen LogP contribution is 2.18. The monoisotopic (exact) mass is 288 g/mol. The largest absolute Gasteiger partial charge is 0.469 e. The highest BCUT2D eigenvalue weighted by molar-refractivity contribution is 6.30. The number of benzene rings is 1. The SMILES string of the molecule is COC(=O)CC(C)NC(=O)Nc1ccc(Cl)c(F)c1. The first-order chi connectivity index (χ1) is 8.92. The van der Waals surface area contributed by atoms with E-state index in [-0.39, 0.29) is 17.1 Å². The first-order valence-corrected chi connectivity index (χ1v) is 5.89. The molecule has 1 aromatic rings. The molecule has 5 nitrogen and oxygen atoms in total. The molecule has 19 heavy (non-hydrogen) atoms. The minimum atomic E-state index is -0.623. The predicted molar refractivity (Wildman–Crippen MR) is 69.7 cm³/mol. The molecule has 0 saturated carbocycles. The summed E-state index contributed by atoms with van der Waals surface area (Å²) in [6.45, 7) is 1.65. The summed E-state index contributed by atoms with van der Waals surface area (Å²) in [5.74, 6) is -1.05. The van der Waals surface area contributed by atoms with E-state index in [9.17, 15) is 14.0 Å². The standard InChI is InChI=1S/C12H14ClFN2O3/c1-7(5-11(17)19-2)15-12(18)16-8-3-4-9(13)10(14)6-8/h3-4,6-7H,5H2,1-2H3,(H2,15,16,18). The van der Waals surface area contributed by atoms with Crippen LogP contribution in [0, 0.1) is 5.82 Å². The normalized spacial score (nSPS) is 11.6. The number of amides is 2. The first-order valence-electron chi connectivity index (χ1n) is 5.51. The van der Waals surface area contributed by atoms with Crippen molar-refractivity contribution in [2.75, 3.05) is 12.4 Å². The molecule has 2 amide bonds. The van der Waals surface area contributed by atoms with Gasteiger partial charge in [-0.3, -0.25) is 4.79 Å². The molecule has 0 heterocycles. The molecule has 1 aromatic carbocycles. The highest BCUT2D eigenvalue weighted by Gasteiger charge is 2.12. The molecule has 7 heteroatoms. The molecule has 0 aromatic heterocycles. The Balaban J connectivity index is 2.50. The summed E-state index contributed by atoms with van der Waals surface area (Å²) in [5, 5.41) is 4.93. The molecule has 0 bridgehead atoms. The Kier molecular flexibility index (Phi) is 5.57. The van der Waals surface area contributed by atoms with Gasteiger partial charge >= 0.3 is 12.0 Å². The van der Waals surface area contributed by atoms with E-state index in [0.29, 0.717) is 0 Å². The van der Waals surface area contributed by atoms with E-state index in [4.69, 9.17) is 11.6 Å². The molecule has 2 N–H and O–H groups in total. The van der Waals surface area contributed by atoms with Gasteiger partial charge in [-0.2, -0.15) is 0 Å². The van der Waals surface area contributed by atoms with Crippen LogP contribution in [-0.2, 0) is 9.53 Å². The number of urea groups is 1. The van der Waals surface area contributed by atoms with Crippen LogP contribution in [0.1, 0.15) is 13.3 Å². The molecule has 1 atom stereocenters. The van der Waals surface area contributed by atoms with Gasteiger partial charge in [0.05, 0.1) is 18.6 Å². The molecule has 0 radical (unpaired) electrons. The van der Waals surface area contributed by atoms with Crippen LogP contribution in [0.2, 0.25) is 5.02 Å². The van der Waals surface area contributed by atoms with E-state index < -0.39 is 23.9 Å². The topological polar surface area (TPSA) is 67.4 Å². The number of methoxy groups -OCH3 is 1. The average Bonchev–Trinajstić information content (AvgIpc) is 2.33. The number of anilines is 1. The van der Waals surface area contributed by atoms with Gasteiger partial charge in [0.15, 0.2) is 0 Å². The van der Waals surface area contributed by atoms with Crippen LogP contribution in [0.25, 0.3) is 0 Å². The summed E-state index contributed by atoms with van der Waals surface area (Å²) >= 11 is 5.52. The Morgan fingerprint density at radius 3 is 2.74 bits per heavy atom. The molecule has 104 valence electrons. The molecule has 0 spiro atoms. The van der Waals surface area contributed by atoms with Crippen molar-refractivity contribution in [1.82, 2.24) is 5.32 Å². The lowest BCUT2D eigenvalue weighted by Crippen LogP contribution is -2.37. The molecule has 0 saturated heterocycles. The summed E-state index contributed by atoms with van der Waals surface area (Å²) in [7, 11) is 1.27. The Hall–Kier alpha value is -1.82. The number of halogens is 2. The maximum atomic E-state index is 13.1. The van der Waals surface area contributed by atoms with Crippen molar-refractivity contribution in [3.8, 4) is 0 Å². The van der Waals surface area contributed by atoms with Crippen LogP contribution in [0.4, 0.5) is 14.9 Å². The van der Waals surface area contributed by atoms with Crippen LogP contribution in [-0.4, -0.2) is 25.2 Å². The first kappa shape index (κ1) is 15.2. The number of esters is 1. The lowest BCUT2D eigenvalue weighted by atomic mass is 10.2. The van der Waals surface area contributed by atoms with Crippen molar-refractivity contribution in [3.63, 3.8) is 0 Å². The van der Waals surface area contributed by atoms with Gasteiger partial charge < -0.3 is 15.4 Å². The number of carbonyl (C=O) groups is 2. The second-order valence-electron chi connectivity index (χ2n) is 3.91. The fourth-order valence-electron chi connectivity index (χ4n) is 1.35. The molecule has 0 aliphatic carbocycles. The summed E-state index contributed by atoms with van der Waals surface area (Å²) in [4.78, 5) is 22.5. The van der Waals surface area contributed by atoms with Crippen molar-refractivity contribution < 1.29 is 18.7 Å². The van der Waals surface area contributed by atoms with Crippen LogP contribution < -0.4 is 10.6 Å². The quantitative estimate of drug-likeness (QED) is 0.837. The van der Waals surface area contributed by atoms with Crippen molar-refractivity contribution in [2.24, 2.45) is 0 Å². The second kappa shape index (κ2) is 6.94. The van der Waals surface area contributed by atoms with E-state index in [1.165, 1.54) is 19.2 Å². The second-order valence-corrected chi connectivity index (χ2v) is 4.32. The van der Waals surface area contributed by atoms with E-state index in [1.807, 2.05) is 0 Å². The van der Waals surface area contributed by atoms with Crippen LogP contribution in [0.3, 0.4) is 0 Å². The minimum absolute atomic E-state index is 0.0231. The third kappa shape index (κ3) is 5.13. The summed E-state index contributed by atoms with van der Waals surface area (Å²) in [6.07, 6.45) is 0.0545. The van der Waals surface area contributed by atoms with E-state index >= 15 is 0 Å². The molecular formula is C12H14ClFN2O3. The van der Waals surface area contributed by atoms with Crippen LogP contribution >= 0.6 is 11.6 Å². The Labute approximate surface area is 115 Å². The number of nitrogens with one attached hydrogen (secondary N) is 2. The lowest BCUT2D eigenvalue weighted by molar-refractivity contribution is -0.141. The van der Waals surface area contributed by atoms with Crippen molar-refractivity contribution in [3.05, 3.63) is 29.0 Å². The molecule has 0 fully saturated rings. The number of hydrogen-bond donors (Lipinski definition) is 2. The molecular weight excluding hydrogens is 275 g/mol. The van der Waals surface area contributed by atoms with Gasteiger partial charge in [-0.25, -0.2) is 9.18 Å². The number of hydrogen-bond acceptors (Lipinski definition) is 3. The van der Waals surface area contributed by atoms with E-state index in [2.05, 4.69) is 15.4 Å². The van der Waals surface area contributed by atoms with Gasteiger partial charge in [-0.05, 0) is 25.1 Å². The number of rotatable bonds is 4. The van der Waals surface area contributed by atoms with Gasteiger partial charge in [0.25, 0.3) is 0 Å². The van der Waals surface area contributed by atoms with Crippen molar-refractivity contribution in [2.45, 2.75) is 19.4 Å². The fraction of sp³-hybridized carbons (Fsp3) is 0.333. The highest BCUT2D eigenvalue weighted by atomic mass is 35.5. The van der Waals surface area contributed by atoms with Crippen molar-refractivity contribution in [1.29, 1.82) is 0 Å². The minimum Gasteiger partial charge on any atom is -0.469 e. The zero-order valence-electron chi connectivity index (χ0n) is 10.5. The summed E-state index contributed by atoms with van der Waals surface area (Å²) in [6, 6.07) is 2.97. The van der Waals surface area contributed by atoms with Gasteiger partial charge in [0.2, 0.25) is 0 Å². The Morgan fingerprint density at radius 1 is 1.47 bits per heavy atom. The van der Waals surface area contributed by atoms with Gasteiger partial charge in [-0.15, -0.1) is 0 Å². The molecule has 0 aliphatic heterocycles.